The molecule has 0 bridgehead atoms. The third-order valence-electron chi connectivity index (χ3n) is 4.92. The van der Waals surface area contributed by atoms with Crippen molar-refractivity contribution in [2.75, 3.05) is 25.1 Å². The fourth-order valence-corrected chi connectivity index (χ4v) is 3.26. The zero-order valence-electron chi connectivity index (χ0n) is 16.4. The molecule has 0 aromatic heterocycles. The first kappa shape index (κ1) is 19.7. The predicted molar refractivity (Wildman–Crippen MR) is 111 cm³/mol. The number of likely N-dealkylation sites (N-methyl/N-ethyl adjacent to an activating group) is 1. The lowest BCUT2D eigenvalue weighted by atomic mass is 10.1. The lowest BCUT2D eigenvalue weighted by molar-refractivity contribution is -0.126. The van der Waals surface area contributed by atoms with Gasteiger partial charge < -0.3 is 14.5 Å². The molecule has 0 aliphatic carbocycles. The molecule has 0 saturated carbocycles. The number of nitrogens with zero attached hydrogens (tertiary/aromatic N) is 2. The molecule has 5 heteroatoms. The van der Waals surface area contributed by atoms with Gasteiger partial charge in [0.2, 0.25) is 11.8 Å². The van der Waals surface area contributed by atoms with Crippen LogP contribution in [0.2, 0.25) is 0 Å². The molecule has 0 radical (unpaired) electrons. The minimum absolute atomic E-state index is 0.0304. The topological polar surface area (TPSA) is 49.9 Å². The Bertz CT molecular complexity index is 841. The molecule has 2 aromatic rings. The van der Waals surface area contributed by atoms with Crippen molar-refractivity contribution in [3.63, 3.8) is 0 Å². The summed E-state index contributed by atoms with van der Waals surface area (Å²) in [6.07, 6.45) is 4.95. The molecule has 0 spiro atoms. The highest BCUT2D eigenvalue weighted by atomic mass is 16.5. The number of hydrogen-bond donors (Lipinski definition) is 0. The third kappa shape index (κ3) is 4.80. The Morgan fingerprint density at radius 3 is 2.43 bits per heavy atom. The van der Waals surface area contributed by atoms with Gasteiger partial charge in [-0.2, -0.15) is 0 Å². The van der Waals surface area contributed by atoms with E-state index in [1.807, 2.05) is 66.4 Å². The molecule has 28 heavy (non-hydrogen) atoms. The summed E-state index contributed by atoms with van der Waals surface area (Å²) in [4.78, 5) is 28.0. The van der Waals surface area contributed by atoms with Gasteiger partial charge in [0.05, 0.1) is 7.11 Å². The number of methoxy groups -OCH3 is 1. The molecular weight excluding hydrogens is 352 g/mol. The van der Waals surface area contributed by atoms with Crippen LogP contribution in [0.1, 0.15) is 30.9 Å². The molecule has 0 N–H and O–H groups in total. The van der Waals surface area contributed by atoms with E-state index >= 15 is 0 Å². The average molecular weight is 378 g/mol. The highest BCUT2D eigenvalue weighted by Crippen LogP contribution is 2.22. The van der Waals surface area contributed by atoms with E-state index in [0.717, 1.165) is 35.5 Å². The van der Waals surface area contributed by atoms with Gasteiger partial charge >= 0.3 is 0 Å². The summed E-state index contributed by atoms with van der Waals surface area (Å²) in [5.74, 6) is 0.949. The fraction of sp³-hybridized carbons (Fsp3) is 0.304. The van der Waals surface area contributed by atoms with Crippen molar-refractivity contribution in [1.82, 2.24) is 4.90 Å². The van der Waals surface area contributed by atoms with Gasteiger partial charge in [-0.15, -0.1) is 0 Å². The fourth-order valence-electron chi connectivity index (χ4n) is 3.26. The minimum Gasteiger partial charge on any atom is -0.497 e. The van der Waals surface area contributed by atoms with Gasteiger partial charge in [-0.05, 0) is 54.8 Å². The highest BCUT2D eigenvalue weighted by molar-refractivity contribution is 5.95. The van der Waals surface area contributed by atoms with Gasteiger partial charge in [0.25, 0.3) is 0 Å². The van der Waals surface area contributed by atoms with Gasteiger partial charge in [-0.25, -0.2) is 0 Å². The van der Waals surface area contributed by atoms with Crippen molar-refractivity contribution in [3.8, 4) is 5.75 Å². The molecule has 2 aromatic carbocycles. The van der Waals surface area contributed by atoms with E-state index < -0.39 is 0 Å². The van der Waals surface area contributed by atoms with Gasteiger partial charge in [0, 0.05) is 37.8 Å². The standard InChI is InChI=1S/C23H26N2O3/c1-3-24(17-19-8-13-21(28-2)14-9-19)22(26)15-10-18-6-11-20(12-7-18)25-16-4-5-23(25)27/h6-15H,3-5,16-17H2,1-2H3/b15-10+. The van der Waals surface area contributed by atoms with Crippen LogP contribution in [0.3, 0.4) is 0 Å². The van der Waals surface area contributed by atoms with Gasteiger partial charge in [-0.3, -0.25) is 9.59 Å². The summed E-state index contributed by atoms with van der Waals surface area (Å²) in [5.41, 5.74) is 2.91. The van der Waals surface area contributed by atoms with Crippen LogP contribution in [0.4, 0.5) is 5.69 Å². The van der Waals surface area contributed by atoms with Crippen LogP contribution in [-0.2, 0) is 16.1 Å². The SMILES string of the molecule is CCN(Cc1ccc(OC)cc1)C(=O)/C=C/c1ccc(N2CCCC2=O)cc1. The zero-order valence-corrected chi connectivity index (χ0v) is 16.4. The summed E-state index contributed by atoms with van der Waals surface area (Å²) in [6, 6.07) is 15.5. The van der Waals surface area contributed by atoms with Crippen LogP contribution in [-0.4, -0.2) is 36.9 Å². The maximum absolute atomic E-state index is 12.6. The summed E-state index contributed by atoms with van der Waals surface area (Å²) in [7, 11) is 1.64. The number of benzene rings is 2. The molecule has 1 heterocycles. The van der Waals surface area contributed by atoms with E-state index in [1.54, 1.807) is 18.1 Å². The lowest BCUT2D eigenvalue weighted by Crippen LogP contribution is -2.28. The molecule has 146 valence electrons. The van der Waals surface area contributed by atoms with Gasteiger partial charge in [0.1, 0.15) is 5.75 Å². The summed E-state index contributed by atoms with van der Waals surface area (Å²) in [6.45, 7) is 3.94. The van der Waals surface area contributed by atoms with E-state index in [4.69, 9.17) is 4.74 Å². The Labute approximate surface area is 166 Å². The Hall–Kier alpha value is -3.08. The number of carbonyl (C=O) groups is 2. The van der Waals surface area contributed by atoms with Crippen molar-refractivity contribution >= 4 is 23.6 Å². The maximum Gasteiger partial charge on any atom is 0.246 e. The normalized spacial score (nSPS) is 13.9. The van der Waals surface area contributed by atoms with Crippen molar-refractivity contribution in [2.45, 2.75) is 26.3 Å². The van der Waals surface area contributed by atoms with Gasteiger partial charge in [0.15, 0.2) is 0 Å². The number of amides is 2. The number of ether oxygens (including phenoxy) is 1. The van der Waals surface area contributed by atoms with E-state index in [2.05, 4.69) is 0 Å². The molecule has 5 nitrogen and oxygen atoms in total. The molecular formula is C23H26N2O3. The Morgan fingerprint density at radius 1 is 1.14 bits per heavy atom. The second-order valence-corrected chi connectivity index (χ2v) is 6.77. The van der Waals surface area contributed by atoms with Crippen LogP contribution in [0.25, 0.3) is 6.08 Å². The highest BCUT2D eigenvalue weighted by Gasteiger charge is 2.21. The third-order valence-corrected chi connectivity index (χ3v) is 4.92. The van der Waals surface area contributed by atoms with Crippen molar-refractivity contribution in [1.29, 1.82) is 0 Å². The van der Waals surface area contributed by atoms with Crippen LogP contribution in [0.5, 0.6) is 5.75 Å². The first-order valence-corrected chi connectivity index (χ1v) is 9.61. The molecule has 0 unspecified atom stereocenters. The van der Waals surface area contributed by atoms with Crippen LogP contribution in [0, 0.1) is 0 Å². The average Bonchev–Trinajstić information content (AvgIpc) is 3.17. The molecule has 0 atom stereocenters. The Balaban J connectivity index is 1.61. The second-order valence-electron chi connectivity index (χ2n) is 6.77. The van der Waals surface area contributed by atoms with E-state index in [-0.39, 0.29) is 11.8 Å². The van der Waals surface area contributed by atoms with Gasteiger partial charge in [-0.1, -0.05) is 24.3 Å². The number of anilines is 1. The summed E-state index contributed by atoms with van der Waals surface area (Å²) < 4.78 is 5.17. The predicted octanol–water partition coefficient (Wildman–Crippen LogP) is 3.88. The van der Waals surface area contributed by atoms with E-state index in [1.165, 1.54) is 0 Å². The molecule has 1 aliphatic rings. The number of rotatable bonds is 7. The molecule has 3 rings (SSSR count). The molecule has 1 saturated heterocycles. The first-order chi connectivity index (χ1) is 13.6. The van der Waals surface area contributed by atoms with E-state index in [9.17, 15) is 9.59 Å². The zero-order chi connectivity index (χ0) is 19.9. The first-order valence-electron chi connectivity index (χ1n) is 9.61. The molecule has 1 fully saturated rings. The summed E-state index contributed by atoms with van der Waals surface area (Å²) in [5, 5.41) is 0. The largest absolute Gasteiger partial charge is 0.497 e. The van der Waals surface area contributed by atoms with Crippen molar-refractivity contribution in [2.24, 2.45) is 0 Å². The van der Waals surface area contributed by atoms with Crippen molar-refractivity contribution in [3.05, 3.63) is 65.7 Å². The Kier molecular flexibility index (Phi) is 6.48. The van der Waals surface area contributed by atoms with Crippen LogP contribution < -0.4 is 9.64 Å². The minimum atomic E-state index is -0.0304. The van der Waals surface area contributed by atoms with Crippen molar-refractivity contribution < 1.29 is 14.3 Å². The smallest absolute Gasteiger partial charge is 0.246 e. The van der Waals surface area contributed by atoms with Crippen LogP contribution in [0.15, 0.2) is 54.6 Å². The quantitative estimate of drug-likeness (QED) is 0.687. The monoisotopic (exact) mass is 378 g/mol. The lowest BCUT2D eigenvalue weighted by Gasteiger charge is -2.19. The summed E-state index contributed by atoms with van der Waals surface area (Å²) >= 11 is 0. The maximum atomic E-state index is 12.6. The second kappa shape index (κ2) is 9.22. The van der Waals surface area contributed by atoms with Crippen LogP contribution >= 0.6 is 0 Å². The Morgan fingerprint density at radius 2 is 1.86 bits per heavy atom. The molecule has 2 amide bonds. The molecule has 1 aliphatic heterocycles. The number of hydrogen-bond acceptors (Lipinski definition) is 3. The van der Waals surface area contributed by atoms with E-state index in [0.29, 0.717) is 19.5 Å². The number of carbonyl (C=O) groups excluding carboxylic acids is 2.